The van der Waals surface area contributed by atoms with Gasteiger partial charge in [-0.15, -0.1) is 0 Å². The smallest absolute Gasteiger partial charge is 0.306 e. The molecule has 0 aromatic carbocycles. The zero-order chi connectivity index (χ0) is 30.6. The fourth-order valence-corrected chi connectivity index (χ4v) is 6.34. The highest BCUT2D eigenvalue weighted by atomic mass is 16.5. The summed E-state index contributed by atoms with van der Waals surface area (Å²) in [4.78, 5) is 12.6. The Morgan fingerprint density at radius 2 is 0.595 bits per heavy atom. The molecule has 0 radical (unpaired) electrons. The minimum atomic E-state index is 0.0695. The van der Waals surface area contributed by atoms with Gasteiger partial charge in [-0.25, -0.2) is 0 Å². The van der Waals surface area contributed by atoms with E-state index in [9.17, 15) is 4.79 Å². The first-order chi connectivity index (χ1) is 20.7. The van der Waals surface area contributed by atoms with E-state index in [0.717, 1.165) is 19.3 Å². The maximum absolute atomic E-state index is 12.6. The summed E-state index contributed by atoms with van der Waals surface area (Å²) in [5, 5.41) is 0. The highest BCUT2D eigenvalue weighted by Crippen LogP contribution is 2.19. The summed E-state index contributed by atoms with van der Waals surface area (Å²) in [6.45, 7) is 6.85. The fraction of sp³-hybridized carbons (Fsp3) is 0.975. The van der Waals surface area contributed by atoms with E-state index in [0.29, 0.717) is 6.42 Å². The topological polar surface area (TPSA) is 26.3 Å². The van der Waals surface area contributed by atoms with Crippen molar-refractivity contribution in [3.8, 4) is 0 Å². The van der Waals surface area contributed by atoms with Crippen LogP contribution in [0.5, 0.6) is 0 Å². The van der Waals surface area contributed by atoms with Crippen molar-refractivity contribution in [3.05, 3.63) is 0 Å². The molecule has 0 spiro atoms. The highest BCUT2D eigenvalue weighted by Gasteiger charge is 2.14. The van der Waals surface area contributed by atoms with Gasteiger partial charge in [0.1, 0.15) is 6.10 Å². The number of hydrogen-bond acceptors (Lipinski definition) is 2. The van der Waals surface area contributed by atoms with Gasteiger partial charge in [0.05, 0.1) is 0 Å². The normalized spacial score (nSPS) is 12.2. The quantitative estimate of drug-likeness (QED) is 0.0534. The lowest BCUT2D eigenvalue weighted by Gasteiger charge is -2.18. The minimum Gasteiger partial charge on any atom is -0.462 e. The molecule has 42 heavy (non-hydrogen) atoms. The molecule has 0 amide bonds. The van der Waals surface area contributed by atoms with Crippen LogP contribution in [0.15, 0.2) is 0 Å². The standard InChI is InChI=1S/C40H80O2/c1-4-7-10-13-15-17-18-19-20-21-22-23-24-25-26-27-29-32-35-38-40(41)42-39(36-33-30-12-9-6-3)37-34-31-28-16-14-11-8-5-2/h39H,4-38H2,1-3H3. The van der Waals surface area contributed by atoms with Crippen LogP contribution in [0.3, 0.4) is 0 Å². The minimum absolute atomic E-state index is 0.0695. The van der Waals surface area contributed by atoms with Crippen molar-refractivity contribution in [2.45, 2.75) is 252 Å². The maximum atomic E-state index is 12.6. The lowest BCUT2D eigenvalue weighted by Crippen LogP contribution is -2.18. The van der Waals surface area contributed by atoms with Crippen molar-refractivity contribution in [1.29, 1.82) is 0 Å². The summed E-state index contributed by atoms with van der Waals surface area (Å²) in [6, 6.07) is 0. The Kier molecular flexibility index (Phi) is 36.2. The Hall–Kier alpha value is -0.530. The summed E-state index contributed by atoms with van der Waals surface area (Å²) in [5.74, 6) is 0.0695. The van der Waals surface area contributed by atoms with Gasteiger partial charge in [0.25, 0.3) is 0 Å². The zero-order valence-corrected chi connectivity index (χ0v) is 29.6. The second kappa shape index (κ2) is 36.7. The van der Waals surface area contributed by atoms with Crippen LogP contribution >= 0.6 is 0 Å². The Bertz CT molecular complexity index is 502. The Balaban J connectivity index is 3.69. The molecular formula is C40H80O2. The van der Waals surface area contributed by atoms with Gasteiger partial charge >= 0.3 is 5.97 Å². The largest absolute Gasteiger partial charge is 0.462 e. The van der Waals surface area contributed by atoms with E-state index in [1.807, 2.05) is 0 Å². The van der Waals surface area contributed by atoms with Gasteiger partial charge in [0.15, 0.2) is 0 Å². The van der Waals surface area contributed by atoms with E-state index < -0.39 is 0 Å². The second-order valence-corrected chi connectivity index (χ2v) is 13.7. The monoisotopic (exact) mass is 593 g/mol. The Labute approximate surface area is 266 Å². The molecule has 0 aliphatic rings. The third kappa shape index (κ3) is 34.0. The molecule has 1 atom stereocenters. The third-order valence-corrected chi connectivity index (χ3v) is 9.29. The van der Waals surface area contributed by atoms with E-state index in [4.69, 9.17) is 4.74 Å². The first kappa shape index (κ1) is 41.5. The summed E-state index contributed by atoms with van der Waals surface area (Å²) in [5.41, 5.74) is 0. The van der Waals surface area contributed by atoms with Gasteiger partial charge in [-0.2, -0.15) is 0 Å². The number of unbranched alkanes of at least 4 members (excludes halogenated alkanes) is 29. The lowest BCUT2D eigenvalue weighted by molar-refractivity contribution is -0.150. The SMILES string of the molecule is CCCCCCCCCCCCCCCCCCCCCC(=O)OC(CCCCCCC)CCCCCCCCCC. The molecule has 0 fully saturated rings. The lowest BCUT2D eigenvalue weighted by atomic mass is 10.0. The average molecular weight is 593 g/mol. The van der Waals surface area contributed by atoms with Crippen LogP contribution in [-0.4, -0.2) is 12.1 Å². The zero-order valence-electron chi connectivity index (χ0n) is 29.6. The predicted molar refractivity (Wildman–Crippen MR) is 188 cm³/mol. The number of carbonyl (C=O) groups is 1. The van der Waals surface area contributed by atoms with Crippen LogP contribution in [0, 0.1) is 0 Å². The highest BCUT2D eigenvalue weighted by molar-refractivity contribution is 5.69. The van der Waals surface area contributed by atoms with Crippen LogP contribution < -0.4 is 0 Å². The first-order valence-corrected chi connectivity index (χ1v) is 19.9. The van der Waals surface area contributed by atoms with Crippen molar-refractivity contribution in [2.75, 3.05) is 0 Å². The molecule has 252 valence electrons. The van der Waals surface area contributed by atoms with Crippen LogP contribution in [-0.2, 0) is 9.53 Å². The van der Waals surface area contributed by atoms with Gasteiger partial charge < -0.3 is 4.74 Å². The van der Waals surface area contributed by atoms with E-state index >= 15 is 0 Å². The predicted octanol–water partition coefficient (Wildman–Crippen LogP) is 14.6. The van der Waals surface area contributed by atoms with E-state index in [1.54, 1.807) is 0 Å². The number of rotatable bonds is 36. The van der Waals surface area contributed by atoms with Crippen molar-refractivity contribution in [3.63, 3.8) is 0 Å². The van der Waals surface area contributed by atoms with Crippen LogP contribution in [0.1, 0.15) is 245 Å². The van der Waals surface area contributed by atoms with E-state index in [2.05, 4.69) is 20.8 Å². The van der Waals surface area contributed by atoms with Gasteiger partial charge in [0.2, 0.25) is 0 Å². The number of ether oxygens (including phenoxy) is 1. The second-order valence-electron chi connectivity index (χ2n) is 13.7. The molecule has 0 saturated heterocycles. The number of esters is 1. The molecule has 1 unspecified atom stereocenters. The van der Waals surface area contributed by atoms with Gasteiger partial charge in [0, 0.05) is 6.42 Å². The number of hydrogen-bond donors (Lipinski definition) is 0. The molecule has 0 rings (SSSR count). The van der Waals surface area contributed by atoms with Crippen molar-refractivity contribution >= 4 is 5.97 Å². The molecule has 0 aromatic heterocycles. The van der Waals surface area contributed by atoms with Crippen molar-refractivity contribution in [1.82, 2.24) is 0 Å². The van der Waals surface area contributed by atoms with Crippen LogP contribution in [0.2, 0.25) is 0 Å². The Morgan fingerprint density at radius 3 is 0.881 bits per heavy atom. The maximum Gasteiger partial charge on any atom is 0.306 e. The molecule has 0 heterocycles. The summed E-state index contributed by atoms with van der Waals surface area (Å²) < 4.78 is 6.01. The number of carbonyl (C=O) groups excluding carboxylic acids is 1. The van der Waals surface area contributed by atoms with Gasteiger partial charge in [-0.05, 0) is 32.1 Å². The molecule has 2 heteroatoms. The van der Waals surface area contributed by atoms with E-state index in [-0.39, 0.29) is 12.1 Å². The summed E-state index contributed by atoms with van der Waals surface area (Å²) in [7, 11) is 0. The first-order valence-electron chi connectivity index (χ1n) is 19.9. The molecule has 0 aliphatic heterocycles. The molecule has 0 aromatic rings. The molecule has 0 saturated carbocycles. The van der Waals surface area contributed by atoms with Crippen molar-refractivity contribution < 1.29 is 9.53 Å². The molecular weight excluding hydrogens is 512 g/mol. The van der Waals surface area contributed by atoms with Crippen molar-refractivity contribution in [2.24, 2.45) is 0 Å². The third-order valence-electron chi connectivity index (χ3n) is 9.29. The Morgan fingerprint density at radius 1 is 0.357 bits per heavy atom. The van der Waals surface area contributed by atoms with Gasteiger partial charge in [-0.1, -0.05) is 207 Å². The van der Waals surface area contributed by atoms with Crippen LogP contribution in [0.4, 0.5) is 0 Å². The fourth-order valence-electron chi connectivity index (χ4n) is 6.34. The van der Waals surface area contributed by atoms with Crippen LogP contribution in [0.25, 0.3) is 0 Å². The van der Waals surface area contributed by atoms with E-state index in [1.165, 1.54) is 199 Å². The summed E-state index contributed by atoms with van der Waals surface area (Å²) in [6.07, 6.45) is 46.5. The molecule has 0 bridgehead atoms. The summed E-state index contributed by atoms with van der Waals surface area (Å²) >= 11 is 0. The average Bonchev–Trinajstić information content (AvgIpc) is 2.99. The van der Waals surface area contributed by atoms with Gasteiger partial charge in [-0.3, -0.25) is 4.79 Å². The molecule has 2 nitrogen and oxygen atoms in total. The molecule has 0 aliphatic carbocycles. The molecule has 0 N–H and O–H groups in total.